The first-order valence-corrected chi connectivity index (χ1v) is 11.7. The molecule has 2 aromatic rings. The molecule has 0 unspecified atom stereocenters. The number of ether oxygens (including phenoxy) is 1. The molecule has 7 heteroatoms. The van der Waals surface area contributed by atoms with Crippen LogP contribution in [0.2, 0.25) is 0 Å². The summed E-state index contributed by atoms with van der Waals surface area (Å²) in [6.07, 6.45) is 0.915. The van der Waals surface area contributed by atoms with E-state index in [-0.39, 0.29) is 5.60 Å². The van der Waals surface area contributed by atoms with Gasteiger partial charge in [0.2, 0.25) is 0 Å². The number of hydrogen-bond donors (Lipinski definition) is 2. The van der Waals surface area contributed by atoms with E-state index in [0.717, 1.165) is 48.4 Å². The van der Waals surface area contributed by atoms with Gasteiger partial charge in [-0.25, -0.2) is 9.97 Å². The number of aromatic nitrogens is 2. The van der Waals surface area contributed by atoms with E-state index in [1.54, 1.807) is 28.0 Å². The van der Waals surface area contributed by atoms with E-state index in [0.29, 0.717) is 11.9 Å². The van der Waals surface area contributed by atoms with Crippen molar-refractivity contribution < 1.29 is 9.64 Å². The fourth-order valence-corrected chi connectivity index (χ4v) is 5.35. The number of hydrogen-bond acceptors (Lipinski definition) is 6. The summed E-state index contributed by atoms with van der Waals surface area (Å²) in [6, 6.07) is 0. The van der Waals surface area contributed by atoms with Crippen LogP contribution in [0.4, 0.5) is 5.82 Å². The van der Waals surface area contributed by atoms with Crippen LogP contribution in [0.5, 0.6) is 0 Å². The van der Waals surface area contributed by atoms with Crippen LogP contribution in [-0.4, -0.2) is 47.0 Å². The maximum absolute atomic E-state index is 6.03. The number of nitrogens with zero attached hydrogens (tertiary/aromatic N) is 2. The van der Waals surface area contributed by atoms with Gasteiger partial charge in [0.25, 0.3) is 0 Å². The molecule has 0 saturated carbocycles. The predicted octanol–water partition coefficient (Wildman–Crippen LogP) is 3.38. The molecule has 3 rings (SSSR count). The molecule has 0 saturated heterocycles. The number of thiophene rings is 1. The van der Waals surface area contributed by atoms with Crippen LogP contribution in [0.3, 0.4) is 0 Å². The minimum absolute atomic E-state index is 0.130. The van der Waals surface area contributed by atoms with Gasteiger partial charge in [-0.3, -0.25) is 0 Å². The van der Waals surface area contributed by atoms with Crippen LogP contribution in [0.25, 0.3) is 10.2 Å². The summed E-state index contributed by atoms with van der Waals surface area (Å²) in [7, 11) is 0. The molecule has 1 aliphatic rings. The van der Waals surface area contributed by atoms with Crippen molar-refractivity contribution >= 4 is 39.1 Å². The standard InChI is InChI=1S/C20H32N4OS2/c1-7-24(8-2)10-9-21-17-16-14-11-20(5,6)25-12-15(14)27-18(16)23-19(22-17)26-13(3)4/h13H,7-12H2,1-6H3,(H,21,22,23)/p+1. The first kappa shape index (κ1) is 20.8. The van der Waals surface area contributed by atoms with E-state index >= 15 is 0 Å². The zero-order valence-corrected chi connectivity index (χ0v) is 19.1. The topological polar surface area (TPSA) is 51.5 Å². The number of likely N-dealkylation sites (N-methyl/N-ethyl adjacent to an activating group) is 1. The Labute approximate surface area is 171 Å². The van der Waals surface area contributed by atoms with Gasteiger partial charge in [-0.1, -0.05) is 25.6 Å². The molecule has 2 N–H and O–H groups in total. The number of anilines is 1. The molecular weight excluding hydrogens is 376 g/mol. The van der Waals surface area contributed by atoms with E-state index in [1.165, 1.54) is 15.8 Å². The van der Waals surface area contributed by atoms with E-state index in [4.69, 9.17) is 14.7 Å². The molecule has 0 fully saturated rings. The lowest BCUT2D eigenvalue weighted by Crippen LogP contribution is -3.12. The fraction of sp³-hybridized carbons (Fsp3) is 0.700. The summed E-state index contributed by atoms with van der Waals surface area (Å²) in [5, 5.41) is 6.20. The van der Waals surface area contributed by atoms with Crippen LogP contribution in [0.15, 0.2) is 5.16 Å². The van der Waals surface area contributed by atoms with Crippen molar-refractivity contribution in [1.82, 2.24) is 9.97 Å². The third kappa shape index (κ3) is 4.94. The number of rotatable bonds is 8. The lowest BCUT2D eigenvalue weighted by atomic mass is 9.94. The summed E-state index contributed by atoms with van der Waals surface area (Å²) in [6.45, 7) is 18.2. The molecule has 27 heavy (non-hydrogen) atoms. The molecule has 0 amide bonds. The molecule has 0 aliphatic carbocycles. The summed E-state index contributed by atoms with van der Waals surface area (Å²) < 4.78 is 6.03. The van der Waals surface area contributed by atoms with Crippen molar-refractivity contribution in [1.29, 1.82) is 0 Å². The molecular formula is C20H33N4OS2+. The van der Waals surface area contributed by atoms with Crippen molar-refractivity contribution in [3.8, 4) is 0 Å². The molecule has 1 aliphatic heterocycles. The summed E-state index contributed by atoms with van der Waals surface area (Å²) in [5.41, 5.74) is 1.25. The second-order valence-corrected chi connectivity index (χ2v) is 10.7. The average Bonchev–Trinajstić information content (AvgIpc) is 2.94. The Morgan fingerprint density at radius 2 is 2.00 bits per heavy atom. The molecule has 0 spiro atoms. The second kappa shape index (κ2) is 8.64. The highest BCUT2D eigenvalue weighted by Crippen LogP contribution is 2.41. The lowest BCUT2D eigenvalue weighted by molar-refractivity contribution is -0.894. The van der Waals surface area contributed by atoms with Crippen LogP contribution >= 0.6 is 23.1 Å². The fourth-order valence-electron chi connectivity index (χ4n) is 3.48. The van der Waals surface area contributed by atoms with Crippen LogP contribution in [0, 0.1) is 0 Å². The molecule has 0 aromatic carbocycles. The van der Waals surface area contributed by atoms with E-state index in [2.05, 4.69) is 46.9 Å². The van der Waals surface area contributed by atoms with Gasteiger partial charge in [-0.2, -0.15) is 0 Å². The number of nitrogens with one attached hydrogen (secondary N) is 2. The van der Waals surface area contributed by atoms with E-state index in [9.17, 15) is 0 Å². The Balaban J connectivity index is 1.96. The Bertz CT molecular complexity index is 784. The summed E-state index contributed by atoms with van der Waals surface area (Å²) in [4.78, 5) is 13.8. The van der Waals surface area contributed by atoms with Gasteiger partial charge >= 0.3 is 0 Å². The third-order valence-corrected chi connectivity index (χ3v) is 6.99. The summed E-state index contributed by atoms with van der Waals surface area (Å²) in [5.74, 6) is 1.00. The van der Waals surface area contributed by atoms with Gasteiger partial charge in [0.05, 0.1) is 43.8 Å². The van der Waals surface area contributed by atoms with Crippen molar-refractivity contribution in [2.75, 3.05) is 31.5 Å². The highest BCUT2D eigenvalue weighted by molar-refractivity contribution is 7.99. The number of fused-ring (bicyclic) bond motifs is 3. The molecule has 2 aromatic heterocycles. The van der Waals surface area contributed by atoms with E-state index in [1.807, 2.05) is 0 Å². The minimum Gasteiger partial charge on any atom is -0.370 e. The maximum Gasteiger partial charge on any atom is 0.191 e. The molecule has 0 radical (unpaired) electrons. The Hall–Kier alpha value is -0.890. The molecule has 0 atom stereocenters. The number of thioether (sulfide) groups is 1. The van der Waals surface area contributed by atoms with Gasteiger partial charge in [0.15, 0.2) is 5.16 Å². The smallest absolute Gasteiger partial charge is 0.191 e. The van der Waals surface area contributed by atoms with Crippen molar-refractivity contribution in [3.63, 3.8) is 0 Å². The first-order chi connectivity index (χ1) is 12.8. The second-order valence-electron chi connectivity index (χ2n) is 8.06. The SMILES string of the molecule is CC[NH+](CC)CCNc1nc(SC(C)C)nc2sc3c(c12)CC(C)(C)OC3. The Morgan fingerprint density at radius 1 is 1.26 bits per heavy atom. The zero-order chi connectivity index (χ0) is 19.6. The summed E-state index contributed by atoms with van der Waals surface area (Å²) >= 11 is 3.50. The normalized spacial score (nSPS) is 16.3. The van der Waals surface area contributed by atoms with Crippen LogP contribution < -0.4 is 10.2 Å². The predicted molar refractivity (Wildman–Crippen MR) is 116 cm³/mol. The molecule has 150 valence electrons. The quantitative estimate of drug-likeness (QED) is 0.517. The van der Waals surface area contributed by atoms with Crippen molar-refractivity contribution in [2.45, 2.75) is 70.6 Å². The highest BCUT2D eigenvalue weighted by atomic mass is 32.2. The molecule has 3 heterocycles. The maximum atomic E-state index is 6.03. The van der Waals surface area contributed by atoms with Crippen LogP contribution in [-0.2, 0) is 17.8 Å². The van der Waals surface area contributed by atoms with Crippen molar-refractivity contribution in [3.05, 3.63) is 10.4 Å². The highest BCUT2D eigenvalue weighted by Gasteiger charge is 2.31. The van der Waals surface area contributed by atoms with Gasteiger partial charge < -0.3 is 15.0 Å². The largest absolute Gasteiger partial charge is 0.370 e. The minimum atomic E-state index is -0.130. The molecule has 5 nitrogen and oxygen atoms in total. The average molecular weight is 410 g/mol. The van der Waals surface area contributed by atoms with Crippen LogP contribution in [0.1, 0.15) is 52.0 Å². The Morgan fingerprint density at radius 3 is 2.67 bits per heavy atom. The monoisotopic (exact) mass is 409 g/mol. The van der Waals surface area contributed by atoms with Gasteiger partial charge in [-0.05, 0) is 33.3 Å². The first-order valence-electron chi connectivity index (χ1n) is 10.0. The van der Waals surface area contributed by atoms with Gasteiger partial charge in [-0.15, -0.1) is 11.3 Å². The Kier molecular flexibility index (Phi) is 6.66. The van der Waals surface area contributed by atoms with Crippen molar-refractivity contribution in [2.24, 2.45) is 0 Å². The van der Waals surface area contributed by atoms with Gasteiger partial charge in [0.1, 0.15) is 10.6 Å². The zero-order valence-electron chi connectivity index (χ0n) is 17.4. The number of quaternary nitrogens is 1. The third-order valence-electron chi connectivity index (χ3n) is 5.02. The van der Waals surface area contributed by atoms with Gasteiger partial charge in [0, 0.05) is 16.5 Å². The van der Waals surface area contributed by atoms with E-state index < -0.39 is 0 Å². The lowest BCUT2D eigenvalue weighted by Gasteiger charge is -2.30. The molecule has 0 bridgehead atoms.